The van der Waals surface area contributed by atoms with Gasteiger partial charge >= 0.3 is 0 Å². The molecule has 0 saturated heterocycles. The first-order chi connectivity index (χ1) is 13.2. The Kier molecular flexibility index (Phi) is 5.18. The molecule has 2 N–H and O–H groups in total. The summed E-state index contributed by atoms with van der Waals surface area (Å²) in [6, 6.07) is 16.1. The zero-order chi connectivity index (χ0) is 20.5. The molecule has 28 heavy (non-hydrogen) atoms. The van der Waals surface area contributed by atoms with E-state index in [4.69, 9.17) is 5.14 Å². The fourth-order valence-corrected chi connectivity index (χ4v) is 3.60. The topological polar surface area (TPSA) is 88.9 Å². The van der Waals surface area contributed by atoms with Crippen molar-refractivity contribution in [3.63, 3.8) is 0 Å². The minimum Gasteiger partial charge on any atom is -0.318 e. The Hall–Kier alpha value is -3.21. The minimum atomic E-state index is -3.75. The van der Waals surface area contributed by atoms with Gasteiger partial charge in [0.1, 0.15) is 5.82 Å². The minimum absolute atomic E-state index is 0.0434. The van der Waals surface area contributed by atoms with Crippen LogP contribution in [0.5, 0.6) is 0 Å². The maximum atomic E-state index is 13.1. The van der Waals surface area contributed by atoms with E-state index in [2.05, 4.69) is 6.07 Å². The largest absolute Gasteiger partial charge is 0.318 e. The van der Waals surface area contributed by atoms with Crippen molar-refractivity contribution in [1.82, 2.24) is 4.57 Å². The van der Waals surface area contributed by atoms with Crippen LogP contribution in [0.2, 0.25) is 0 Å². The molecule has 0 unspecified atom stereocenters. The first-order valence-electron chi connectivity index (χ1n) is 8.40. The molecule has 1 aromatic heterocycles. The van der Waals surface area contributed by atoms with Gasteiger partial charge in [-0.25, -0.2) is 17.9 Å². The molecule has 0 spiro atoms. The SMILES string of the molecule is Cc1cc(C=C(C#N)c2ccc(F)cc2)c(C)n1-c1ccc(S(N)(=O)=O)cc1. The fourth-order valence-electron chi connectivity index (χ4n) is 3.08. The number of sulfonamides is 1. The van der Waals surface area contributed by atoms with Crippen LogP contribution in [0.4, 0.5) is 4.39 Å². The third-order valence-corrected chi connectivity index (χ3v) is 5.40. The van der Waals surface area contributed by atoms with Crippen LogP contribution in [0.3, 0.4) is 0 Å². The number of aromatic nitrogens is 1. The first kappa shape index (κ1) is 19.5. The van der Waals surface area contributed by atoms with Gasteiger partial charge in [0.05, 0.1) is 16.5 Å². The number of rotatable bonds is 4. The van der Waals surface area contributed by atoms with Crippen molar-refractivity contribution in [2.24, 2.45) is 5.14 Å². The van der Waals surface area contributed by atoms with Crippen molar-refractivity contribution in [2.45, 2.75) is 18.7 Å². The maximum absolute atomic E-state index is 13.1. The van der Waals surface area contributed by atoms with Gasteiger partial charge in [-0.2, -0.15) is 5.26 Å². The average Bonchev–Trinajstić information content (AvgIpc) is 2.93. The summed E-state index contributed by atoms with van der Waals surface area (Å²) < 4.78 is 38.0. The highest BCUT2D eigenvalue weighted by Gasteiger charge is 2.13. The van der Waals surface area contributed by atoms with Gasteiger partial charge in [-0.05, 0) is 73.5 Å². The van der Waals surface area contributed by atoms with Gasteiger partial charge < -0.3 is 4.57 Å². The second-order valence-corrected chi connectivity index (χ2v) is 7.94. The van der Waals surface area contributed by atoms with E-state index in [1.807, 2.05) is 24.5 Å². The molecule has 142 valence electrons. The van der Waals surface area contributed by atoms with Crippen LogP contribution < -0.4 is 5.14 Å². The lowest BCUT2D eigenvalue weighted by atomic mass is 10.0. The molecule has 0 bridgehead atoms. The molecular weight excluding hydrogens is 377 g/mol. The molecule has 0 aliphatic heterocycles. The molecule has 7 heteroatoms. The number of aryl methyl sites for hydroxylation is 1. The standard InChI is InChI=1S/C21H18FN3O2S/c1-14-11-17(12-18(13-23)16-3-5-19(22)6-4-16)15(2)25(14)20-7-9-21(10-8-20)28(24,26)27/h3-12H,1-2H3,(H2,24,26,27). The number of primary sulfonamides is 1. The van der Waals surface area contributed by atoms with E-state index < -0.39 is 10.0 Å². The zero-order valence-corrected chi connectivity index (χ0v) is 16.2. The van der Waals surface area contributed by atoms with Gasteiger partial charge in [0, 0.05) is 17.1 Å². The van der Waals surface area contributed by atoms with Crippen LogP contribution in [0, 0.1) is 31.0 Å². The third kappa shape index (κ3) is 3.88. The highest BCUT2D eigenvalue weighted by Crippen LogP contribution is 2.26. The predicted molar refractivity (Wildman–Crippen MR) is 107 cm³/mol. The van der Waals surface area contributed by atoms with Crippen molar-refractivity contribution < 1.29 is 12.8 Å². The second-order valence-electron chi connectivity index (χ2n) is 6.38. The molecule has 5 nitrogen and oxygen atoms in total. The summed E-state index contributed by atoms with van der Waals surface area (Å²) in [4.78, 5) is 0.0434. The van der Waals surface area contributed by atoms with Crippen LogP contribution in [0.1, 0.15) is 22.5 Å². The van der Waals surface area contributed by atoms with Crippen LogP contribution in [-0.2, 0) is 10.0 Å². The Morgan fingerprint density at radius 1 is 1.11 bits per heavy atom. The lowest BCUT2D eigenvalue weighted by Gasteiger charge is -2.10. The quantitative estimate of drug-likeness (QED) is 0.679. The van der Waals surface area contributed by atoms with Gasteiger partial charge in [0.25, 0.3) is 0 Å². The molecule has 2 aromatic carbocycles. The van der Waals surface area contributed by atoms with E-state index in [0.717, 1.165) is 22.6 Å². The van der Waals surface area contributed by atoms with E-state index in [-0.39, 0.29) is 10.7 Å². The summed E-state index contributed by atoms with van der Waals surface area (Å²) in [5, 5.41) is 14.7. The number of hydrogen-bond acceptors (Lipinski definition) is 3. The van der Waals surface area contributed by atoms with Crippen molar-refractivity contribution in [2.75, 3.05) is 0 Å². The normalized spacial score (nSPS) is 12.0. The lowest BCUT2D eigenvalue weighted by Crippen LogP contribution is -2.12. The van der Waals surface area contributed by atoms with Gasteiger partial charge in [-0.15, -0.1) is 0 Å². The monoisotopic (exact) mass is 395 g/mol. The first-order valence-corrected chi connectivity index (χ1v) is 9.95. The molecule has 1 heterocycles. The third-order valence-electron chi connectivity index (χ3n) is 4.47. The Bertz CT molecular complexity index is 1200. The van der Waals surface area contributed by atoms with E-state index in [1.54, 1.807) is 30.3 Å². The second kappa shape index (κ2) is 7.43. The Morgan fingerprint density at radius 2 is 1.71 bits per heavy atom. The maximum Gasteiger partial charge on any atom is 0.238 e. The molecule has 0 aliphatic rings. The number of nitriles is 1. The Morgan fingerprint density at radius 3 is 2.25 bits per heavy atom. The number of nitrogens with zero attached hydrogens (tertiary/aromatic N) is 2. The Balaban J connectivity index is 2.04. The molecule has 0 saturated carbocycles. The molecule has 3 rings (SSSR count). The molecule has 0 fully saturated rings. The van der Waals surface area contributed by atoms with Crippen LogP contribution >= 0.6 is 0 Å². The van der Waals surface area contributed by atoms with Crippen molar-refractivity contribution in [3.05, 3.63) is 82.9 Å². The average molecular weight is 395 g/mol. The summed E-state index contributed by atoms with van der Waals surface area (Å²) >= 11 is 0. The molecule has 0 aliphatic carbocycles. The molecular formula is C21H18FN3O2S. The summed E-state index contributed by atoms with van der Waals surface area (Å²) in [7, 11) is -3.75. The molecule has 0 radical (unpaired) electrons. The highest BCUT2D eigenvalue weighted by molar-refractivity contribution is 7.89. The van der Waals surface area contributed by atoms with Crippen molar-refractivity contribution in [3.8, 4) is 11.8 Å². The van der Waals surface area contributed by atoms with Gasteiger partial charge in [-0.3, -0.25) is 0 Å². The van der Waals surface area contributed by atoms with Crippen molar-refractivity contribution in [1.29, 1.82) is 5.26 Å². The van der Waals surface area contributed by atoms with E-state index >= 15 is 0 Å². The zero-order valence-electron chi connectivity index (χ0n) is 15.3. The van der Waals surface area contributed by atoms with E-state index in [9.17, 15) is 18.1 Å². The molecule has 3 aromatic rings. The summed E-state index contributed by atoms with van der Waals surface area (Å²) in [5.41, 5.74) is 4.48. The number of hydrogen-bond donors (Lipinski definition) is 1. The van der Waals surface area contributed by atoms with Crippen LogP contribution in [0.25, 0.3) is 17.3 Å². The van der Waals surface area contributed by atoms with Gasteiger partial charge in [-0.1, -0.05) is 12.1 Å². The van der Waals surface area contributed by atoms with Crippen LogP contribution in [-0.4, -0.2) is 13.0 Å². The van der Waals surface area contributed by atoms with E-state index in [0.29, 0.717) is 11.1 Å². The molecule has 0 atom stereocenters. The van der Waals surface area contributed by atoms with Gasteiger partial charge in [0.15, 0.2) is 0 Å². The number of benzene rings is 2. The van der Waals surface area contributed by atoms with Crippen LogP contribution in [0.15, 0.2) is 59.5 Å². The van der Waals surface area contributed by atoms with E-state index in [1.165, 1.54) is 24.3 Å². The molecule has 0 amide bonds. The highest BCUT2D eigenvalue weighted by atomic mass is 32.2. The Labute approximate surface area is 163 Å². The number of allylic oxidation sites excluding steroid dienone is 1. The lowest BCUT2D eigenvalue weighted by molar-refractivity contribution is 0.598. The van der Waals surface area contributed by atoms with Crippen molar-refractivity contribution >= 4 is 21.7 Å². The predicted octanol–water partition coefficient (Wildman–Crippen LogP) is 3.94. The van der Waals surface area contributed by atoms with Gasteiger partial charge in [0.2, 0.25) is 10.0 Å². The summed E-state index contributed by atoms with van der Waals surface area (Å²) in [6.07, 6.45) is 1.75. The number of nitrogens with two attached hydrogens (primary N) is 1. The smallest absolute Gasteiger partial charge is 0.238 e. The summed E-state index contributed by atoms with van der Waals surface area (Å²) in [6.45, 7) is 3.83. The fraction of sp³-hybridized carbons (Fsp3) is 0.0952. The number of halogens is 1. The summed E-state index contributed by atoms with van der Waals surface area (Å²) in [5.74, 6) is -0.359.